The number of benzene rings is 1. The van der Waals surface area contributed by atoms with Crippen molar-refractivity contribution in [2.45, 2.75) is 38.5 Å². The van der Waals surface area contributed by atoms with E-state index in [1.54, 1.807) is 25.2 Å². The van der Waals surface area contributed by atoms with Crippen LogP contribution in [0.25, 0.3) is 0 Å². The minimum absolute atomic E-state index is 0. The minimum atomic E-state index is -0.0264. The van der Waals surface area contributed by atoms with E-state index in [0.29, 0.717) is 29.4 Å². The molecule has 8 nitrogen and oxygen atoms in total. The molecule has 1 atom stereocenters. The van der Waals surface area contributed by atoms with E-state index in [1.165, 1.54) is 5.56 Å². The molecule has 2 aliphatic rings. The molecular weight excluding hydrogens is 414 g/mol. The van der Waals surface area contributed by atoms with Crippen LogP contribution in [0, 0.1) is 17.2 Å². The summed E-state index contributed by atoms with van der Waals surface area (Å²) in [6.45, 7) is 1.55. The van der Waals surface area contributed by atoms with E-state index in [2.05, 4.69) is 21.6 Å². The molecule has 0 spiro atoms. The summed E-state index contributed by atoms with van der Waals surface area (Å²) >= 11 is 0. The second kappa shape index (κ2) is 9.84. The molecule has 1 aliphatic carbocycles. The van der Waals surface area contributed by atoms with Gasteiger partial charge in [0.25, 0.3) is 0 Å². The highest BCUT2D eigenvalue weighted by Gasteiger charge is 2.29. The summed E-state index contributed by atoms with van der Waals surface area (Å²) in [5, 5.41) is 15.2. The number of nitriles is 1. The molecule has 1 amide bonds. The van der Waals surface area contributed by atoms with Crippen molar-refractivity contribution in [3.05, 3.63) is 35.0 Å². The normalized spacial score (nSPS) is 17.7. The number of anilines is 4. The minimum Gasteiger partial charge on any atom is -0.399 e. The SMILES string of the molecule is CNC(=O)C1CCCN(c2nc(Nc3cc(N)cc(C#N)c3)nc3c2CCCC3)C1.Cl. The van der Waals surface area contributed by atoms with Crippen LogP contribution in [0.2, 0.25) is 0 Å². The Balaban J connectivity index is 0.00000272. The van der Waals surface area contributed by atoms with Crippen LogP contribution < -0.4 is 21.3 Å². The number of hydrogen-bond donors (Lipinski definition) is 3. The van der Waals surface area contributed by atoms with E-state index in [9.17, 15) is 10.1 Å². The van der Waals surface area contributed by atoms with Crippen molar-refractivity contribution in [2.24, 2.45) is 5.92 Å². The van der Waals surface area contributed by atoms with Crippen LogP contribution in [0.3, 0.4) is 0 Å². The summed E-state index contributed by atoms with van der Waals surface area (Å²) in [5.74, 6) is 1.49. The quantitative estimate of drug-likeness (QED) is 0.624. The first-order chi connectivity index (χ1) is 14.6. The third-order valence-corrected chi connectivity index (χ3v) is 5.84. The number of hydrogen-bond acceptors (Lipinski definition) is 7. The van der Waals surface area contributed by atoms with Crippen LogP contribution in [0.1, 0.15) is 42.5 Å². The average Bonchev–Trinajstić information content (AvgIpc) is 2.77. The molecule has 2 heterocycles. The molecule has 1 fully saturated rings. The van der Waals surface area contributed by atoms with Crippen molar-refractivity contribution in [2.75, 3.05) is 36.1 Å². The number of aromatic nitrogens is 2. The molecule has 0 saturated carbocycles. The Morgan fingerprint density at radius 2 is 2.03 bits per heavy atom. The molecule has 1 aromatic heterocycles. The van der Waals surface area contributed by atoms with Gasteiger partial charge in [-0.25, -0.2) is 4.98 Å². The Labute approximate surface area is 188 Å². The van der Waals surface area contributed by atoms with E-state index in [1.807, 2.05) is 0 Å². The van der Waals surface area contributed by atoms with Crippen molar-refractivity contribution < 1.29 is 4.79 Å². The summed E-state index contributed by atoms with van der Waals surface area (Å²) in [5.41, 5.74) is 9.89. The number of rotatable bonds is 4. The Morgan fingerprint density at radius 3 is 2.81 bits per heavy atom. The molecule has 1 saturated heterocycles. The number of nitrogens with two attached hydrogens (primary N) is 1. The lowest BCUT2D eigenvalue weighted by Gasteiger charge is -2.35. The van der Waals surface area contributed by atoms with Gasteiger partial charge in [0.1, 0.15) is 5.82 Å². The molecule has 4 N–H and O–H groups in total. The topological polar surface area (TPSA) is 120 Å². The van der Waals surface area contributed by atoms with Gasteiger partial charge in [-0.3, -0.25) is 4.79 Å². The zero-order valence-electron chi connectivity index (χ0n) is 17.6. The number of nitrogen functional groups attached to an aromatic ring is 1. The first kappa shape index (κ1) is 22.6. The van der Waals surface area contributed by atoms with Crippen molar-refractivity contribution in [3.63, 3.8) is 0 Å². The Hall–Kier alpha value is -3.05. The molecule has 2 aromatic rings. The highest BCUT2D eigenvalue weighted by Crippen LogP contribution is 2.32. The summed E-state index contributed by atoms with van der Waals surface area (Å²) in [4.78, 5) is 24.1. The monoisotopic (exact) mass is 441 g/mol. The van der Waals surface area contributed by atoms with Gasteiger partial charge >= 0.3 is 0 Å². The number of fused-ring (bicyclic) bond motifs is 1. The smallest absolute Gasteiger partial charge is 0.229 e. The van der Waals surface area contributed by atoms with E-state index in [4.69, 9.17) is 15.7 Å². The summed E-state index contributed by atoms with van der Waals surface area (Å²) in [6.07, 6.45) is 5.98. The first-order valence-electron chi connectivity index (χ1n) is 10.5. The highest BCUT2D eigenvalue weighted by atomic mass is 35.5. The molecule has 31 heavy (non-hydrogen) atoms. The fourth-order valence-electron chi connectivity index (χ4n) is 4.40. The fourth-order valence-corrected chi connectivity index (χ4v) is 4.40. The van der Waals surface area contributed by atoms with Gasteiger partial charge in [-0.05, 0) is 56.7 Å². The molecule has 9 heteroatoms. The van der Waals surface area contributed by atoms with Gasteiger partial charge in [0.2, 0.25) is 11.9 Å². The molecule has 4 rings (SSSR count). The van der Waals surface area contributed by atoms with Crippen molar-refractivity contribution in [3.8, 4) is 6.07 Å². The zero-order valence-corrected chi connectivity index (χ0v) is 18.5. The molecule has 1 aromatic carbocycles. The molecule has 0 radical (unpaired) electrons. The van der Waals surface area contributed by atoms with Crippen molar-refractivity contribution >= 4 is 41.5 Å². The molecule has 1 unspecified atom stereocenters. The third kappa shape index (κ3) is 5.00. The van der Waals surface area contributed by atoms with Gasteiger partial charge in [-0.1, -0.05) is 0 Å². The third-order valence-electron chi connectivity index (χ3n) is 5.84. The number of carbonyl (C=O) groups is 1. The van der Waals surface area contributed by atoms with Gasteiger partial charge in [0.15, 0.2) is 0 Å². The lowest BCUT2D eigenvalue weighted by Crippen LogP contribution is -2.43. The van der Waals surface area contributed by atoms with E-state index < -0.39 is 0 Å². The first-order valence-corrected chi connectivity index (χ1v) is 10.5. The maximum absolute atomic E-state index is 12.2. The molecular formula is C22H28ClN7O. The lowest BCUT2D eigenvalue weighted by molar-refractivity contribution is -0.124. The van der Waals surface area contributed by atoms with Crippen molar-refractivity contribution in [1.82, 2.24) is 15.3 Å². The van der Waals surface area contributed by atoms with Crippen LogP contribution in [0.4, 0.5) is 23.1 Å². The second-order valence-corrected chi connectivity index (χ2v) is 7.98. The van der Waals surface area contributed by atoms with Gasteiger partial charge in [0, 0.05) is 37.1 Å². The van der Waals surface area contributed by atoms with Crippen LogP contribution in [0.15, 0.2) is 18.2 Å². The highest BCUT2D eigenvalue weighted by molar-refractivity contribution is 5.85. The van der Waals surface area contributed by atoms with Gasteiger partial charge in [-0.2, -0.15) is 10.2 Å². The molecule has 0 bridgehead atoms. The van der Waals surface area contributed by atoms with Gasteiger partial charge in [0.05, 0.1) is 23.2 Å². The van der Waals surface area contributed by atoms with E-state index in [0.717, 1.165) is 56.6 Å². The number of nitrogens with one attached hydrogen (secondary N) is 2. The Bertz CT molecular complexity index is 1000. The molecule has 164 valence electrons. The van der Waals surface area contributed by atoms with E-state index >= 15 is 0 Å². The number of halogens is 1. The Morgan fingerprint density at radius 1 is 1.23 bits per heavy atom. The number of piperidine rings is 1. The number of aryl methyl sites for hydroxylation is 1. The predicted octanol–water partition coefficient (Wildman–Crippen LogP) is 2.94. The fraction of sp³-hybridized carbons (Fsp3) is 0.455. The van der Waals surface area contributed by atoms with Gasteiger partial charge in [-0.15, -0.1) is 12.4 Å². The van der Waals surface area contributed by atoms with Gasteiger partial charge < -0.3 is 21.3 Å². The average molecular weight is 442 g/mol. The van der Waals surface area contributed by atoms with Crippen LogP contribution in [0.5, 0.6) is 0 Å². The number of nitrogens with zero attached hydrogens (tertiary/aromatic N) is 4. The maximum atomic E-state index is 12.2. The molecule has 1 aliphatic heterocycles. The zero-order chi connectivity index (χ0) is 21.1. The summed E-state index contributed by atoms with van der Waals surface area (Å²) in [6, 6.07) is 7.26. The second-order valence-electron chi connectivity index (χ2n) is 7.98. The largest absolute Gasteiger partial charge is 0.399 e. The number of carbonyl (C=O) groups excluding carboxylic acids is 1. The van der Waals surface area contributed by atoms with Crippen LogP contribution >= 0.6 is 12.4 Å². The van der Waals surface area contributed by atoms with E-state index in [-0.39, 0.29) is 24.2 Å². The predicted molar refractivity (Wildman–Crippen MR) is 124 cm³/mol. The Kier molecular flexibility index (Phi) is 7.18. The van der Waals surface area contributed by atoms with Crippen molar-refractivity contribution in [1.29, 1.82) is 5.26 Å². The summed E-state index contributed by atoms with van der Waals surface area (Å²) in [7, 11) is 1.69. The summed E-state index contributed by atoms with van der Waals surface area (Å²) < 4.78 is 0. The lowest BCUT2D eigenvalue weighted by atomic mass is 9.93. The van der Waals surface area contributed by atoms with Crippen LogP contribution in [-0.2, 0) is 17.6 Å². The standard InChI is InChI=1S/C22H27N7O.ClH/c1-25-21(30)15-5-4-8-29(13-15)20-18-6-2-3-7-19(18)27-22(28-20)26-17-10-14(12-23)9-16(24)11-17;/h9-11,15H,2-8,13,24H2,1H3,(H,25,30)(H,26,27,28);1H. The number of amides is 1. The van der Waals surface area contributed by atoms with Crippen LogP contribution in [-0.4, -0.2) is 36.0 Å². The maximum Gasteiger partial charge on any atom is 0.229 e.